The highest BCUT2D eigenvalue weighted by atomic mass is 32.2. The summed E-state index contributed by atoms with van der Waals surface area (Å²) in [6.07, 6.45) is 1.81. The molecule has 2 fully saturated rings. The van der Waals surface area contributed by atoms with Crippen LogP contribution in [-0.2, 0) is 4.79 Å². The summed E-state index contributed by atoms with van der Waals surface area (Å²) in [5.74, 6) is 0.522. The van der Waals surface area contributed by atoms with Crippen LogP contribution in [-0.4, -0.2) is 67.7 Å². The lowest BCUT2D eigenvalue weighted by Gasteiger charge is -2.41. The molecular formula is C14H24N2O3S2. The van der Waals surface area contributed by atoms with E-state index in [1.807, 2.05) is 16.7 Å². The number of carbonyl (C=O) groups is 2. The number of urea groups is 1. The maximum Gasteiger partial charge on any atom is 0.327 e. The quantitative estimate of drug-likeness (QED) is 0.861. The topological polar surface area (TPSA) is 60.9 Å². The molecule has 2 unspecified atom stereocenters. The van der Waals surface area contributed by atoms with Gasteiger partial charge in [-0.3, -0.25) is 4.90 Å². The molecule has 0 radical (unpaired) electrons. The fourth-order valence-electron chi connectivity index (χ4n) is 2.82. The van der Waals surface area contributed by atoms with Crippen molar-refractivity contribution >= 4 is 35.5 Å². The molecule has 0 spiro atoms. The lowest BCUT2D eigenvalue weighted by molar-refractivity contribution is -0.141. The van der Waals surface area contributed by atoms with E-state index < -0.39 is 12.0 Å². The van der Waals surface area contributed by atoms with Crippen molar-refractivity contribution in [2.45, 2.75) is 49.8 Å². The number of rotatable bonds is 3. The van der Waals surface area contributed by atoms with E-state index in [0.29, 0.717) is 18.8 Å². The number of aliphatic carboxylic acids is 1. The molecule has 2 atom stereocenters. The minimum Gasteiger partial charge on any atom is -0.480 e. The normalized spacial score (nSPS) is 28.7. The Balaban J connectivity index is 2.14. The zero-order valence-electron chi connectivity index (χ0n) is 12.9. The summed E-state index contributed by atoms with van der Waals surface area (Å²) in [5, 5.41) is 9.39. The zero-order chi connectivity index (χ0) is 15.6. The summed E-state index contributed by atoms with van der Waals surface area (Å²) < 4.78 is 0.0414. The summed E-state index contributed by atoms with van der Waals surface area (Å²) in [6.45, 7) is 7.72. The number of hydrogen-bond donors (Lipinski definition) is 1. The van der Waals surface area contributed by atoms with Crippen molar-refractivity contribution in [1.29, 1.82) is 0 Å². The minimum atomic E-state index is -0.889. The van der Waals surface area contributed by atoms with Crippen LogP contribution >= 0.6 is 23.5 Å². The lowest BCUT2D eigenvalue weighted by atomic mass is 10.2. The van der Waals surface area contributed by atoms with E-state index >= 15 is 0 Å². The average Bonchev–Trinajstić information content (AvgIpc) is 2.81. The Labute approximate surface area is 134 Å². The van der Waals surface area contributed by atoms with Crippen molar-refractivity contribution < 1.29 is 14.7 Å². The van der Waals surface area contributed by atoms with Crippen LogP contribution in [0.4, 0.5) is 4.79 Å². The number of carboxylic acids is 1. The van der Waals surface area contributed by atoms with Gasteiger partial charge in [0.1, 0.15) is 6.04 Å². The number of amides is 2. The fourth-order valence-corrected chi connectivity index (χ4v) is 5.44. The summed E-state index contributed by atoms with van der Waals surface area (Å²) in [6, 6.07) is -0.782. The van der Waals surface area contributed by atoms with Crippen molar-refractivity contribution in [2.24, 2.45) is 0 Å². The van der Waals surface area contributed by atoms with Gasteiger partial charge in [0.15, 0.2) is 0 Å². The molecule has 0 saturated carbocycles. The number of hydrogen-bond acceptors (Lipinski definition) is 4. The number of nitrogens with zero attached hydrogens (tertiary/aromatic N) is 2. The van der Waals surface area contributed by atoms with Crippen LogP contribution in [0.1, 0.15) is 33.6 Å². The Hall–Kier alpha value is -0.560. The molecule has 2 aliphatic rings. The van der Waals surface area contributed by atoms with Gasteiger partial charge in [-0.15, -0.1) is 11.8 Å². The molecule has 7 heteroatoms. The van der Waals surface area contributed by atoms with E-state index in [9.17, 15) is 14.7 Å². The van der Waals surface area contributed by atoms with Crippen LogP contribution in [0, 0.1) is 0 Å². The third-order valence-corrected chi connectivity index (χ3v) is 6.48. The number of carbonyl (C=O) groups excluding carboxylic acids is 1. The predicted octanol–water partition coefficient (Wildman–Crippen LogP) is 2.56. The molecule has 120 valence electrons. The molecule has 2 aliphatic heterocycles. The van der Waals surface area contributed by atoms with Crippen LogP contribution in [0.15, 0.2) is 0 Å². The summed E-state index contributed by atoms with van der Waals surface area (Å²) >= 11 is 3.46. The van der Waals surface area contributed by atoms with Crippen molar-refractivity contribution in [3.05, 3.63) is 0 Å². The molecule has 21 heavy (non-hydrogen) atoms. The van der Waals surface area contributed by atoms with Crippen LogP contribution in [0.2, 0.25) is 0 Å². The van der Waals surface area contributed by atoms with Gasteiger partial charge in [-0.1, -0.05) is 13.3 Å². The zero-order valence-corrected chi connectivity index (χ0v) is 14.5. The predicted molar refractivity (Wildman–Crippen MR) is 87.9 cm³/mol. The van der Waals surface area contributed by atoms with Crippen LogP contribution in [0.25, 0.3) is 0 Å². The SMILES string of the molecule is CCCC1SCC(C(=O)O)N1C(=O)N1CCSC(C)(C)C1. The van der Waals surface area contributed by atoms with Crippen LogP contribution in [0.5, 0.6) is 0 Å². The van der Waals surface area contributed by atoms with Gasteiger partial charge in [0.2, 0.25) is 0 Å². The summed E-state index contributed by atoms with van der Waals surface area (Å²) in [5.41, 5.74) is 0. The van der Waals surface area contributed by atoms with Gasteiger partial charge in [0.05, 0.1) is 5.37 Å². The van der Waals surface area contributed by atoms with Gasteiger partial charge in [-0.05, 0) is 20.3 Å². The number of thioether (sulfide) groups is 2. The van der Waals surface area contributed by atoms with Gasteiger partial charge >= 0.3 is 12.0 Å². The molecule has 5 nitrogen and oxygen atoms in total. The molecule has 0 bridgehead atoms. The standard InChI is InChI=1S/C14H24N2O3S2/c1-4-5-11-16(10(8-20-11)12(17)18)13(19)15-6-7-21-14(2,3)9-15/h10-11H,4-9H2,1-3H3,(H,17,18). The van der Waals surface area contributed by atoms with Crippen molar-refractivity contribution in [3.8, 4) is 0 Å². The molecule has 0 aromatic rings. The maximum atomic E-state index is 12.9. The molecule has 1 N–H and O–H groups in total. The van der Waals surface area contributed by atoms with E-state index in [1.165, 1.54) is 0 Å². The van der Waals surface area contributed by atoms with Gasteiger partial charge in [-0.25, -0.2) is 9.59 Å². The van der Waals surface area contributed by atoms with Crippen molar-refractivity contribution in [2.75, 3.05) is 24.6 Å². The largest absolute Gasteiger partial charge is 0.480 e. The molecule has 2 amide bonds. The van der Waals surface area contributed by atoms with Gasteiger partial charge < -0.3 is 10.0 Å². The highest BCUT2D eigenvalue weighted by Crippen LogP contribution is 2.35. The van der Waals surface area contributed by atoms with E-state index in [0.717, 1.165) is 18.6 Å². The van der Waals surface area contributed by atoms with Crippen molar-refractivity contribution in [3.63, 3.8) is 0 Å². The van der Waals surface area contributed by atoms with Gasteiger partial charge in [-0.2, -0.15) is 11.8 Å². The Kier molecular flexibility index (Phi) is 5.35. The highest BCUT2D eigenvalue weighted by molar-refractivity contribution is 8.00. The third kappa shape index (κ3) is 3.80. The second-order valence-electron chi connectivity index (χ2n) is 6.15. The third-order valence-electron chi connectivity index (χ3n) is 3.83. The molecule has 0 aromatic carbocycles. The summed E-state index contributed by atoms with van der Waals surface area (Å²) in [7, 11) is 0. The second kappa shape index (κ2) is 6.69. The average molecular weight is 332 g/mol. The molecule has 2 saturated heterocycles. The highest BCUT2D eigenvalue weighted by Gasteiger charge is 2.44. The second-order valence-corrected chi connectivity index (χ2v) is 9.16. The minimum absolute atomic E-state index is 0.00120. The van der Waals surface area contributed by atoms with Crippen LogP contribution in [0.3, 0.4) is 0 Å². The summed E-state index contributed by atoms with van der Waals surface area (Å²) in [4.78, 5) is 27.7. The first-order valence-corrected chi connectivity index (χ1v) is 9.45. The maximum absolute atomic E-state index is 12.9. The van der Waals surface area contributed by atoms with Crippen molar-refractivity contribution in [1.82, 2.24) is 9.80 Å². The molecule has 0 aromatic heterocycles. The van der Waals surface area contributed by atoms with Gasteiger partial charge in [0.25, 0.3) is 0 Å². The van der Waals surface area contributed by atoms with E-state index in [2.05, 4.69) is 20.8 Å². The molecular weight excluding hydrogens is 308 g/mol. The molecule has 0 aliphatic carbocycles. The van der Waals surface area contributed by atoms with Gasteiger partial charge in [0, 0.05) is 29.3 Å². The molecule has 2 heterocycles. The Morgan fingerprint density at radius 2 is 2.10 bits per heavy atom. The first kappa shape index (κ1) is 16.8. The van der Waals surface area contributed by atoms with Crippen LogP contribution < -0.4 is 0 Å². The van der Waals surface area contributed by atoms with E-state index in [1.54, 1.807) is 16.7 Å². The molecule has 2 rings (SSSR count). The smallest absolute Gasteiger partial charge is 0.327 e. The first-order chi connectivity index (χ1) is 9.85. The first-order valence-electron chi connectivity index (χ1n) is 7.41. The van der Waals surface area contributed by atoms with E-state index in [-0.39, 0.29) is 16.2 Å². The monoisotopic (exact) mass is 332 g/mol. The fraction of sp³-hybridized carbons (Fsp3) is 0.857. The Bertz CT molecular complexity index is 417. The Morgan fingerprint density at radius 3 is 2.67 bits per heavy atom. The number of carboxylic acid groups (broad SMARTS) is 1. The lowest BCUT2D eigenvalue weighted by Crippen LogP contribution is -2.55. The van der Waals surface area contributed by atoms with E-state index in [4.69, 9.17) is 0 Å². The Morgan fingerprint density at radius 1 is 1.38 bits per heavy atom.